The molecule has 0 fully saturated rings. The molecule has 1 atom stereocenters. The highest BCUT2D eigenvalue weighted by atomic mass is 19.1. The largest absolute Gasteiger partial charge is 0.364 e. The minimum Gasteiger partial charge on any atom is -0.364 e. The molecule has 0 bridgehead atoms. The average molecular weight is 262 g/mol. The molecule has 1 heterocycles. The zero-order valence-corrected chi connectivity index (χ0v) is 11.5. The fourth-order valence-electron chi connectivity index (χ4n) is 2.14. The summed E-state index contributed by atoms with van der Waals surface area (Å²) in [5, 5.41) is 0. The lowest BCUT2D eigenvalue weighted by atomic mass is 10.1. The van der Waals surface area contributed by atoms with Gasteiger partial charge in [0.05, 0.1) is 12.2 Å². The van der Waals surface area contributed by atoms with Gasteiger partial charge in [-0.3, -0.25) is 0 Å². The fourth-order valence-corrected chi connectivity index (χ4v) is 2.14. The van der Waals surface area contributed by atoms with Crippen LogP contribution < -0.4 is 10.6 Å². The van der Waals surface area contributed by atoms with Crippen molar-refractivity contribution in [3.05, 3.63) is 47.8 Å². The van der Waals surface area contributed by atoms with Gasteiger partial charge >= 0.3 is 0 Å². The van der Waals surface area contributed by atoms with Crippen molar-refractivity contribution in [3.8, 4) is 0 Å². The van der Waals surface area contributed by atoms with Gasteiger partial charge in [0.25, 0.3) is 0 Å². The number of nitrogens with two attached hydrogens (primary N) is 1. The third kappa shape index (κ3) is 2.76. The van der Waals surface area contributed by atoms with Crippen LogP contribution in [0.15, 0.2) is 30.6 Å². The van der Waals surface area contributed by atoms with Gasteiger partial charge < -0.3 is 15.2 Å². The molecule has 0 unspecified atom stereocenters. The van der Waals surface area contributed by atoms with Crippen molar-refractivity contribution in [3.63, 3.8) is 0 Å². The first kappa shape index (κ1) is 13.5. The van der Waals surface area contributed by atoms with Gasteiger partial charge in [-0.15, -0.1) is 0 Å². The molecule has 0 aliphatic rings. The number of rotatable bonds is 4. The van der Waals surface area contributed by atoms with Crippen molar-refractivity contribution in [2.75, 3.05) is 11.9 Å². The second kappa shape index (κ2) is 5.40. The second-order valence-corrected chi connectivity index (χ2v) is 4.78. The summed E-state index contributed by atoms with van der Waals surface area (Å²) >= 11 is 0. The Morgan fingerprint density at radius 1 is 1.47 bits per heavy atom. The van der Waals surface area contributed by atoms with E-state index in [1.165, 1.54) is 6.07 Å². The van der Waals surface area contributed by atoms with E-state index in [2.05, 4.69) is 4.98 Å². The van der Waals surface area contributed by atoms with Crippen molar-refractivity contribution in [1.82, 2.24) is 9.55 Å². The molecular formula is C14H19FN4. The van der Waals surface area contributed by atoms with Gasteiger partial charge in [-0.2, -0.15) is 0 Å². The van der Waals surface area contributed by atoms with Crippen LogP contribution >= 0.6 is 0 Å². The molecule has 2 rings (SSSR count). The number of aromatic nitrogens is 2. The molecular weight excluding hydrogens is 243 g/mol. The van der Waals surface area contributed by atoms with E-state index in [1.54, 1.807) is 12.3 Å². The lowest BCUT2D eigenvalue weighted by Gasteiger charge is -2.24. The molecule has 102 valence electrons. The van der Waals surface area contributed by atoms with Gasteiger partial charge in [0.1, 0.15) is 11.6 Å². The second-order valence-electron chi connectivity index (χ2n) is 4.78. The van der Waals surface area contributed by atoms with Crippen LogP contribution in [0.2, 0.25) is 0 Å². The van der Waals surface area contributed by atoms with E-state index in [1.807, 2.05) is 42.7 Å². The quantitative estimate of drug-likeness (QED) is 0.919. The zero-order valence-electron chi connectivity index (χ0n) is 11.5. The van der Waals surface area contributed by atoms with Crippen molar-refractivity contribution in [2.24, 2.45) is 12.8 Å². The van der Waals surface area contributed by atoms with Crippen LogP contribution in [0.4, 0.5) is 10.1 Å². The lowest BCUT2D eigenvalue weighted by molar-refractivity contribution is 0.613. The van der Waals surface area contributed by atoms with Gasteiger partial charge in [0.2, 0.25) is 0 Å². The summed E-state index contributed by atoms with van der Waals surface area (Å²) in [5.74, 6) is 0.618. The Morgan fingerprint density at radius 2 is 2.21 bits per heavy atom. The van der Waals surface area contributed by atoms with Crippen LogP contribution in [-0.2, 0) is 13.6 Å². The number of hydrogen-bond acceptors (Lipinski definition) is 3. The van der Waals surface area contributed by atoms with Crippen LogP contribution in [0.25, 0.3) is 0 Å². The van der Waals surface area contributed by atoms with E-state index < -0.39 is 0 Å². The van der Waals surface area contributed by atoms with Crippen molar-refractivity contribution >= 4 is 5.69 Å². The van der Waals surface area contributed by atoms with E-state index in [0.717, 1.165) is 11.4 Å². The first-order chi connectivity index (χ1) is 9.00. The molecule has 5 heteroatoms. The number of halogens is 1. The third-order valence-corrected chi connectivity index (χ3v) is 3.19. The van der Waals surface area contributed by atoms with Gasteiger partial charge in [-0.05, 0) is 18.6 Å². The summed E-state index contributed by atoms with van der Waals surface area (Å²) in [6, 6.07) is 4.79. The number of hydrogen-bond donors (Lipinski definition) is 1. The topological polar surface area (TPSA) is 47.1 Å². The molecule has 2 N–H and O–H groups in total. The van der Waals surface area contributed by atoms with Crippen LogP contribution in [0.3, 0.4) is 0 Å². The van der Waals surface area contributed by atoms with E-state index in [0.29, 0.717) is 12.2 Å². The van der Waals surface area contributed by atoms with E-state index in [9.17, 15) is 4.39 Å². The molecule has 0 radical (unpaired) electrons. The van der Waals surface area contributed by atoms with Gasteiger partial charge in [0.15, 0.2) is 0 Å². The maximum absolute atomic E-state index is 14.1. The van der Waals surface area contributed by atoms with E-state index in [-0.39, 0.29) is 11.9 Å². The molecule has 4 nitrogen and oxygen atoms in total. The Bertz CT molecular complexity index is 562. The molecule has 2 aromatic rings. The molecule has 0 aliphatic heterocycles. The molecule has 0 amide bonds. The fraction of sp³-hybridized carbons (Fsp3) is 0.357. The highest BCUT2D eigenvalue weighted by Gasteiger charge is 2.16. The minimum absolute atomic E-state index is 0.213. The third-order valence-electron chi connectivity index (χ3n) is 3.19. The van der Waals surface area contributed by atoms with Crippen molar-refractivity contribution < 1.29 is 4.39 Å². The molecule has 1 aromatic heterocycles. The first-order valence-electron chi connectivity index (χ1n) is 6.22. The Morgan fingerprint density at radius 3 is 2.79 bits per heavy atom. The average Bonchev–Trinajstić information content (AvgIpc) is 2.74. The minimum atomic E-state index is -0.258. The summed E-state index contributed by atoms with van der Waals surface area (Å²) in [5.41, 5.74) is 7.25. The molecule has 1 aromatic carbocycles. The van der Waals surface area contributed by atoms with Crippen LogP contribution in [0.5, 0.6) is 0 Å². The van der Waals surface area contributed by atoms with E-state index in [4.69, 9.17) is 5.73 Å². The summed E-state index contributed by atoms with van der Waals surface area (Å²) in [4.78, 5) is 6.10. The Hall–Kier alpha value is -1.88. The van der Waals surface area contributed by atoms with Crippen LogP contribution in [0.1, 0.15) is 24.4 Å². The maximum Gasteiger partial charge on any atom is 0.146 e. The summed E-state index contributed by atoms with van der Waals surface area (Å²) in [6.07, 6.45) is 3.61. The molecule has 0 spiro atoms. The molecule has 0 saturated heterocycles. The van der Waals surface area contributed by atoms with Crippen LogP contribution in [-0.4, -0.2) is 16.6 Å². The molecule has 19 heavy (non-hydrogen) atoms. The zero-order chi connectivity index (χ0) is 14.0. The molecule has 0 aliphatic carbocycles. The smallest absolute Gasteiger partial charge is 0.146 e. The predicted octanol–water partition coefficient (Wildman–Crippen LogP) is 2.22. The van der Waals surface area contributed by atoms with E-state index >= 15 is 0 Å². The normalized spacial score (nSPS) is 12.5. The summed E-state index contributed by atoms with van der Waals surface area (Å²) in [6.45, 7) is 2.39. The van der Waals surface area contributed by atoms with Gasteiger partial charge in [-0.1, -0.05) is 12.1 Å². The lowest BCUT2D eigenvalue weighted by Crippen LogP contribution is -2.23. The Balaban J connectivity index is 2.33. The van der Waals surface area contributed by atoms with Gasteiger partial charge in [0, 0.05) is 32.5 Å². The monoisotopic (exact) mass is 262 g/mol. The number of anilines is 1. The number of imidazole rings is 1. The number of para-hydroxylation sites is 1. The van der Waals surface area contributed by atoms with Crippen molar-refractivity contribution in [1.29, 1.82) is 0 Å². The highest BCUT2D eigenvalue weighted by molar-refractivity contribution is 5.55. The Labute approximate surface area is 112 Å². The maximum atomic E-state index is 14.1. The standard InChI is InChI=1S/C14H19FN4/c1-10(16)11-5-4-6-12(15)14(11)19(3)9-13-17-7-8-18(13)2/h4-8,10H,9,16H2,1-3H3/t10-/m1/s1. The molecule has 0 saturated carbocycles. The van der Waals surface area contributed by atoms with Crippen molar-refractivity contribution in [2.45, 2.75) is 19.5 Å². The summed E-state index contributed by atoms with van der Waals surface area (Å²) in [7, 11) is 3.77. The summed E-state index contributed by atoms with van der Waals surface area (Å²) < 4.78 is 16.0. The number of benzene rings is 1. The Kier molecular flexibility index (Phi) is 3.85. The SMILES string of the molecule is C[C@@H](N)c1cccc(F)c1N(C)Cc1nccn1C. The van der Waals surface area contributed by atoms with Gasteiger partial charge in [-0.25, -0.2) is 9.37 Å². The number of nitrogens with zero attached hydrogens (tertiary/aromatic N) is 3. The predicted molar refractivity (Wildman–Crippen MR) is 74.3 cm³/mol. The highest BCUT2D eigenvalue weighted by Crippen LogP contribution is 2.28. The first-order valence-corrected chi connectivity index (χ1v) is 6.22. The van der Waals surface area contributed by atoms with Crippen LogP contribution in [0, 0.1) is 5.82 Å². The number of aryl methyl sites for hydroxylation is 1.